The Morgan fingerprint density at radius 2 is 2.15 bits per heavy atom. The van der Waals surface area contributed by atoms with Crippen molar-refractivity contribution in [2.24, 2.45) is 4.99 Å². The van der Waals surface area contributed by atoms with E-state index in [-0.39, 0.29) is 17.4 Å². The van der Waals surface area contributed by atoms with Crippen LogP contribution in [0.2, 0.25) is 0 Å². The van der Waals surface area contributed by atoms with Crippen LogP contribution in [-0.2, 0) is 4.79 Å². The van der Waals surface area contributed by atoms with E-state index in [4.69, 9.17) is 0 Å². The molecule has 20 heavy (non-hydrogen) atoms. The number of hydrogen-bond acceptors (Lipinski definition) is 4. The number of ketones is 1. The Bertz CT molecular complexity index is 646. The lowest BCUT2D eigenvalue weighted by Crippen LogP contribution is -2.20. The normalized spacial score (nSPS) is 21.8. The summed E-state index contributed by atoms with van der Waals surface area (Å²) < 4.78 is 0. The molecular weight excluding hydrogens is 256 g/mol. The van der Waals surface area contributed by atoms with E-state index in [2.05, 4.69) is 4.99 Å². The standard InChI is InChI=1S/C15H14N2O3/c18-14-6-2-5-13-15(14)12(7-8-16-13)10-3-1-4-11(9-10)17(19)20/h1,3-4,8-9,12H,2,5-7H2. The highest BCUT2D eigenvalue weighted by Gasteiger charge is 2.30. The first-order valence-corrected chi connectivity index (χ1v) is 6.70. The minimum Gasteiger partial charge on any atom is -0.294 e. The monoisotopic (exact) mass is 270 g/mol. The van der Waals surface area contributed by atoms with Crippen molar-refractivity contribution in [3.8, 4) is 0 Å². The summed E-state index contributed by atoms with van der Waals surface area (Å²) in [5.74, 6) is 0.0507. The zero-order chi connectivity index (χ0) is 14.1. The van der Waals surface area contributed by atoms with E-state index in [0.717, 1.165) is 29.7 Å². The molecule has 1 aromatic rings. The molecule has 0 saturated heterocycles. The molecule has 1 unspecified atom stereocenters. The molecule has 5 nitrogen and oxygen atoms in total. The average Bonchev–Trinajstić information content (AvgIpc) is 2.47. The Morgan fingerprint density at radius 3 is 2.95 bits per heavy atom. The molecule has 0 saturated carbocycles. The first-order chi connectivity index (χ1) is 9.66. The summed E-state index contributed by atoms with van der Waals surface area (Å²) in [7, 11) is 0. The highest BCUT2D eigenvalue weighted by molar-refractivity contribution is 5.99. The van der Waals surface area contributed by atoms with Crippen LogP contribution in [0.5, 0.6) is 0 Å². The van der Waals surface area contributed by atoms with Crippen molar-refractivity contribution in [2.75, 3.05) is 0 Å². The molecule has 0 N–H and O–H groups in total. The lowest BCUT2D eigenvalue weighted by molar-refractivity contribution is -0.384. The highest BCUT2D eigenvalue weighted by Crippen LogP contribution is 2.39. The topological polar surface area (TPSA) is 72.6 Å². The van der Waals surface area contributed by atoms with Crippen LogP contribution in [0.3, 0.4) is 0 Å². The van der Waals surface area contributed by atoms with Crippen molar-refractivity contribution in [1.29, 1.82) is 0 Å². The van der Waals surface area contributed by atoms with Gasteiger partial charge in [0.1, 0.15) is 0 Å². The Kier molecular flexibility index (Phi) is 3.18. The zero-order valence-electron chi connectivity index (χ0n) is 10.9. The van der Waals surface area contributed by atoms with Crippen LogP contribution < -0.4 is 0 Å². The van der Waals surface area contributed by atoms with Gasteiger partial charge in [0.2, 0.25) is 0 Å². The lowest BCUT2D eigenvalue weighted by Gasteiger charge is -2.27. The number of non-ortho nitro benzene ring substituents is 1. The fourth-order valence-corrected chi connectivity index (χ4v) is 2.92. The van der Waals surface area contributed by atoms with Gasteiger partial charge in [0.25, 0.3) is 5.69 Å². The van der Waals surface area contributed by atoms with Crippen LogP contribution in [0.4, 0.5) is 5.69 Å². The van der Waals surface area contributed by atoms with Crippen LogP contribution >= 0.6 is 0 Å². The third kappa shape index (κ3) is 2.15. The molecule has 1 aliphatic carbocycles. The molecule has 0 spiro atoms. The second-order valence-electron chi connectivity index (χ2n) is 5.09. The molecule has 0 bridgehead atoms. The van der Waals surface area contributed by atoms with Gasteiger partial charge in [-0.2, -0.15) is 0 Å². The number of nitrogens with zero attached hydrogens (tertiary/aromatic N) is 2. The fourth-order valence-electron chi connectivity index (χ4n) is 2.92. The number of rotatable bonds is 2. The summed E-state index contributed by atoms with van der Waals surface area (Å²) in [5.41, 5.74) is 2.52. The van der Waals surface area contributed by atoms with Crippen LogP contribution in [0.1, 0.15) is 37.2 Å². The van der Waals surface area contributed by atoms with Crippen molar-refractivity contribution >= 4 is 17.7 Å². The van der Waals surface area contributed by atoms with Gasteiger partial charge in [0, 0.05) is 42.0 Å². The summed E-state index contributed by atoms with van der Waals surface area (Å²) in [6.07, 6.45) is 4.67. The van der Waals surface area contributed by atoms with Gasteiger partial charge >= 0.3 is 0 Å². The van der Waals surface area contributed by atoms with Gasteiger partial charge in [-0.05, 0) is 24.8 Å². The lowest BCUT2D eigenvalue weighted by atomic mass is 9.79. The maximum atomic E-state index is 12.2. The van der Waals surface area contributed by atoms with Gasteiger partial charge in [0.05, 0.1) is 4.92 Å². The molecule has 0 amide bonds. The SMILES string of the molecule is O=C1CCCC2=C1C(c1cccc([N+](=O)[O-])c1)CC=N2. The molecule has 1 aromatic carbocycles. The zero-order valence-corrected chi connectivity index (χ0v) is 10.9. The molecule has 1 aliphatic heterocycles. The molecule has 0 aromatic heterocycles. The average molecular weight is 270 g/mol. The molecule has 1 heterocycles. The summed E-state index contributed by atoms with van der Waals surface area (Å²) >= 11 is 0. The van der Waals surface area contributed by atoms with Gasteiger partial charge in [-0.1, -0.05) is 12.1 Å². The van der Waals surface area contributed by atoms with E-state index in [0.29, 0.717) is 12.8 Å². The molecule has 0 fully saturated rings. The van der Waals surface area contributed by atoms with Crippen molar-refractivity contribution in [2.45, 2.75) is 31.6 Å². The summed E-state index contributed by atoms with van der Waals surface area (Å²) in [6, 6.07) is 6.56. The van der Waals surface area contributed by atoms with Gasteiger partial charge in [0.15, 0.2) is 5.78 Å². The van der Waals surface area contributed by atoms with Crippen molar-refractivity contribution in [1.82, 2.24) is 0 Å². The second kappa shape index (κ2) is 5.00. The Labute approximate surface area is 116 Å². The van der Waals surface area contributed by atoms with Gasteiger partial charge in [-0.3, -0.25) is 19.9 Å². The third-order valence-electron chi connectivity index (χ3n) is 3.85. The third-order valence-corrected chi connectivity index (χ3v) is 3.85. The van der Waals surface area contributed by atoms with Crippen LogP contribution in [0.15, 0.2) is 40.5 Å². The number of Topliss-reactive ketones (excluding diaryl/α,β-unsaturated/α-hetero) is 1. The summed E-state index contributed by atoms with van der Waals surface area (Å²) in [5, 5.41) is 10.9. The quantitative estimate of drug-likeness (QED) is 0.612. The first-order valence-electron chi connectivity index (χ1n) is 6.70. The predicted octanol–water partition coefficient (Wildman–Crippen LogP) is 3.16. The Morgan fingerprint density at radius 1 is 1.30 bits per heavy atom. The molecule has 2 aliphatic rings. The molecule has 1 atom stereocenters. The first kappa shape index (κ1) is 12.7. The fraction of sp³-hybridized carbons (Fsp3) is 0.333. The van der Waals surface area contributed by atoms with E-state index in [1.165, 1.54) is 6.07 Å². The van der Waals surface area contributed by atoms with E-state index in [1.54, 1.807) is 12.1 Å². The van der Waals surface area contributed by atoms with E-state index in [1.807, 2.05) is 12.3 Å². The van der Waals surface area contributed by atoms with E-state index in [9.17, 15) is 14.9 Å². The Balaban J connectivity index is 2.04. The largest absolute Gasteiger partial charge is 0.294 e. The highest BCUT2D eigenvalue weighted by atomic mass is 16.6. The molecule has 3 rings (SSSR count). The van der Waals surface area contributed by atoms with Crippen molar-refractivity contribution < 1.29 is 9.72 Å². The van der Waals surface area contributed by atoms with Crippen LogP contribution in [0.25, 0.3) is 0 Å². The molecular formula is C15H14N2O3. The van der Waals surface area contributed by atoms with Crippen molar-refractivity contribution in [3.05, 3.63) is 51.2 Å². The molecule has 0 radical (unpaired) electrons. The smallest absolute Gasteiger partial charge is 0.269 e. The Hall–Kier alpha value is -2.30. The summed E-state index contributed by atoms with van der Waals surface area (Å²) in [4.78, 5) is 27.0. The summed E-state index contributed by atoms with van der Waals surface area (Å²) in [6.45, 7) is 0. The van der Waals surface area contributed by atoms with Gasteiger partial charge in [-0.15, -0.1) is 0 Å². The number of carbonyl (C=O) groups excluding carboxylic acids is 1. The molecule has 5 heteroatoms. The second-order valence-corrected chi connectivity index (χ2v) is 5.09. The number of benzene rings is 1. The minimum absolute atomic E-state index is 0.0652. The number of nitro benzene ring substituents is 1. The maximum Gasteiger partial charge on any atom is 0.269 e. The van der Waals surface area contributed by atoms with Gasteiger partial charge < -0.3 is 0 Å². The van der Waals surface area contributed by atoms with Crippen molar-refractivity contribution in [3.63, 3.8) is 0 Å². The number of aliphatic imine (C=N–C) groups is 1. The van der Waals surface area contributed by atoms with Crippen LogP contribution in [-0.4, -0.2) is 16.9 Å². The van der Waals surface area contributed by atoms with Crippen LogP contribution in [0, 0.1) is 10.1 Å². The van der Waals surface area contributed by atoms with E-state index >= 15 is 0 Å². The predicted molar refractivity (Wildman–Crippen MR) is 74.8 cm³/mol. The molecule has 102 valence electrons. The number of allylic oxidation sites excluding steroid dienone is 2. The van der Waals surface area contributed by atoms with E-state index < -0.39 is 4.92 Å². The minimum atomic E-state index is -0.404. The number of nitro groups is 1. The number of hydrogen-bond donors (Lipinski definition) is 0. The number of carbonyl (C=O) groups is 1. The van der Waals surface area contributed by atoms with Gasteiger partial charge in [-0.25, -0.2) is 0 Å². The maximum absolute atomic E-state index is 12.2.